The molecule has 0 saturated heterocycles. The second-order valence-corrected chi connectivity index (χ2v) is 6.91. The Labute approximate surface area is 181 Å². The molecule has 10 heteroatoms. The number of amidine groups is 1. The van der Waals surface area contributed by atoms with Gasteiger partial charge in [-0.25, -0.2) is 32.3 Å². The van der Waals surface area contributed by atoms with Gasteiger partial charge in [-0.05, 0) is 30.7 Å². The van der Waals surface area contributed by atoms with Crippen LogP contribution in [-0.2, 0) is 19.8 Å². The molecular formula is C22H19F4N3O3. The molecule has 1 aliphatic heterocycles. The largest absolute Gasteiger partial charge is 0.466 e. The molecule has 1 N–H and O–H groups in total. The second kappa shape index (κ2) is 9.31. The molecule has 0 spiro atoms. The number of esters is 1. The number of aliphatic imine (C=N–C) groups is 1. The van der Waals surface area contributed by atoms with Crippen molar-refractivity contribution in [3.63, 3.8) is 0 Å². The van der Waals surface area contributed by atoms with Gasteiger partial charge >= 0.3 is 5.97 Å². The van der Waals surface area contributed by atoms with Gasteiger partial charge in [0.2, 0.25) is 0 Å². The molecule has 1 atom stereocenters. The van der Waals surface area contributed by atoms with Gasteiger partial charge in [-0.15, -0.1) is 0 Å². The molecule has 3 rings (SSSR count). The van der Waals surface area contributed by atoms with Crippen LogP contribution in [0.3, 0.4) is 0 Å². The molecule has 1 aromatic heterocycles. The minimum atomic E-state index is -1.64. The highest BCUT2D eigenvalue weighted by Gasteiger charge is 2.42. The number of carbonyl (C=O) groups excluding carboxylic acids is 1. The van der Waals surface area contributed by atoms with Crippen molar-refractivity contribution >= 4 is 11.8 Å². The Hall–Kier alpha value is -3.53. The van der Waals surface area contributed by atoms with Crippen molar-refractivity contribution < 1.29 is 31.8 Å². The molecule has 0 fully saturated rings. The lowest BCUT2D eigenvalue weighted by molar-refractivity contribution is -0.137. The lowest BCUT2D eigenvalue weighted by Crippen LogP contribution is -2.41. The summed E-state index contributed by atoms with van der Waals surface area (Å²) >= 11 is 0. The molecule has 0 saturated carbocycles. The third kappa shape index (κ3) is 4.40. The second-order valence-electron chi connectivity index (χ2n) is 6.91. The minimum absolute atomic E-state index is 0.0513. The molecule has 32 heavy (non-hydrogen) atoms. The van der Waals surface area contributed by atoms with E-state index in [1.54, 1.807) is 6.08 Å². The number of rotatable bonds is 6. The molecule has 2 heterocycles. The third-order valence-electron chi connectivity index (χ3n) is 4.80. The maximum atomic E-state index is 14.5. The molecule has 2 aromatic rings. The van der Waals surface area contributed by atoms with E-state index in [-0.39, 0.29) is 35.0 Å². The van der Waals surface area contributed by atoms with Crippen LogP contribution in [0.1, 0.15) is 18.2 Å². The first-order chi connectivity index (χ1) is 15.2. The van der Waals surface area contributed by atoms with Crippen molar-refractivity contribution in [2.45, 2.75) is 12.5 Å². The summed E-state index contributed by atoms with van der Waals surface area (Å²) in [6.07, 6.45) is 3.84. The van der Waals surface area contributed by atoms with Crippen LogP contribution in [-0.4, -0.2) is 37.6 Å². The van der Waals surface area contributed by atoms with Gasteiger partial charge in [0.05, 0.1) is 31.2 Å². The number of nitrogens with one attached hydrogen (secondary N) is 1. The SMILES string of the molecule is COCC=CC1=C(C(=O)OC)C(C)(c2ccc(F)c(F)c2)N=C(c2ncc(F)cc2F)N1. The molecule has 1 aromatic carbocycles. The number of halogens is 4. The maximum absolute atomic E-state index is 14.5. The van der Waals surface area contributed by atoms with E-state index < -0.39 is 34.8 Å². The zero-order chi connectivity index (χ0) is 23.5. The first-order valence-electron chi connectivity index (χ1n) is 9.33. The predicted molar refractivity (Wildman–Crippen MR) is 108 cm³/mol. The number of nitrogens with zero attached hydrogens (tertiary/aromatic N) is 2. The highest BCUT2D eigenvalue weighted by Crippen LogP contribution is 2.39. The number of ether oxygens (including phenoxy) is 2. The molecule has 0 amide bonds. The summed E-state index contributed by atoms with van der Waals surface area (Å²) < 4.78 is 65.4. The lowest BCUT2D eigenvalue weighted by Gasteiger charge is -2.34. The highest BCUT2D eigenvalue weighted by atomic mass is 19.2. The number of methoxy groups -OCH3 is 2. The summed E-state index contributed by atoms with van der Waals surface area (Å²) in [6, 6.07) is 3.65. The van der Waals surface area contributed by atoms with Crippen molar-refractivity contribution in [2.75, 3.05) is 20.8 Å². The summed E-state index contributed by atoms with van der Waals surface area (Å²) in [7, 11) is 2.61. The van der Waals surface area contributed by atoms with Crippen molar-refractivity contribution in [1.82, 2.24) is 10.3 Å². The number of benzene rings is 1. The lowest BCUT2D eigenvalue weighted by atomic mass is 9.82. The van der Waals surface area contributed by atoms with Crippen molar-refractivity contribution in [3.05, 3.63) is 88.4 Å². The van der Waals surface area contributed by atoms with E-state index in [2.05, 4.69) is 15.3 Å². The zero-order valence-corrected chi connectivity index (χ0v) is 17.4. The van der Waals surface area contributed by atoms with Crippen LogP contribution in [0.25, 0.3) is 0 Å². The van der Waals surface area contributed by atoms with Gasteiger partial charge in [0.1, 0.15) is 17.1 Å². The quantitative estimate of drug-likeness (QED) is 0.540. The van der Waals surface area contributed by atoms with E-state index in [4.69, 9.17) is 9.47 Å². The van der Waals surface area contributed by atoms with Crippen LogP contribution >= 0.6 is 0 Å². The van der Waals surface area contributed by atoms with E-state index >= 15 is 0 Å². The first-order valence-corrected chi connectivity index (χ1v) is 9.33. The van der Waals surface area contributed by atoms with Gasteiger partial charge in [0, 0.05) is 13.2 Å². The Bertz CT molecular complexity index is 1150. The Morgan fingerprint density at radius 2 is 1.88 bits per heavy atom. The van der Waals surface area contributed by atoms with E-state index in [1.165, 1.54) is 26.2 Å². The first kappa shape index (κ1) is 23.1. The summed E-state index contributed by atoms with van der Waals surface area (Å²) in [5.74, 6) is -5.12. The van der Waals surface area contributed by atoms with Crippen molar-refractivity contribution in [2.24, 2.45) is 4.99 Å². The standard InChI is InChI=1S/C22H19F4N3O3/c1-22(12-6-7-14(24)15(25)9-12)18(21(30)32-3)17(5-4-8-31-2)28-20(29-22)19-16(26)10-13(23)11-27-19/h4-7,9-11H,8H2,1-3H3,(H,28,29). The van der Waals surface area contributed by atoms with Gasteiger partial charge in [-0.1, -0.05) is 12.1 Å². The predicted octanol–water partition coefficient (Wildman–Crippen LogP) is 3.53. The number of hydrogen-bond donors (Lipinski definition) is 1. The zero-order valence-electron chi connectivity index (χ0n) is 17.4. The summed E-state index contributed by atoms with van der Waals surface area (Å²) in [5, 5.41) is 2.80. The molecule has 168 valence electrons. The Kier molecular flexibility index (Phi) is 6.73. The fourth-order valence-corrected chi connectivity index (χ4v) is 3.27. The van der Waals surface area contributed by atoms with E-state index in [1.807, 2.05) is 0 Å². The van der Waals surface area contributed by atoms with Gasteiger partial charge < -0.3 is 14.8 Å². The fourth-order valence-electron chi connectivity index (χ4n) is 3.27. The topological polar surface area (TPSA) is 72.8 Å². The van der Waals surface area contributed by atoms with Crippen LogP contribution in [0, 0.1) is 23.3 Å². The van der Waals surface area contributed by atoms with E-state index in [9.17, 15) is 22.4 Å². The Balaban J connectivity index is 2.29. The number of pyridine rings is 1. The van der Waals surface area contributed by atoms with Gasteiger partial charge in [0.25, 0.3) is 0 Å². The number of carbonyl (C=O) groups is 1. The Morgan fingerprint density at radius 1 is 1.12 bits per heavy atom. The van der Waals surface area contributed by atoms with Crippen LogP contribution in [0.5, 0.6) is 0 Å². The fraction of sp³-hybridized carbons (Fsp3) is 0.227. The molecule has 1 aliphatic rings. The minimum Gasteiger partial charge on any atom is -0.466 e. The summed E-state index contributed by atoms with van der Waals surface area (Å²) in [4.78, 5) is 20.9. The molecule has 0 aliphatic carbocycles. The summed E-state index contributed by atoms with van der Waals surface area (Å²) in [5.41, 5.74) is -1.80. The van der Waals surface area contributed by atoms with Gasteiger partial charge in [-0.2, -0.15) is 0 Å². The van der Waals surface area contributed by atoms with Gasteiger partial charge in [0.15, 0.2) is 23.3 Å². The molecule has 0 radical (unpaired) electrons. The van der Waals surface area contributed by atoms with Crippen molar-refractivity contribution in [3.8, 4) is 0 Å². The van der Waals surface area contributed by atoms with Crippen LogP contribution in [0.2, 0.25) is 0 Å². The van der Waals surface area contributed by atoms with E-state index in [0.717, 1.165) is 25.4 Å². The van der Waals surface area contributed by atoms with E-state index in [0.29, 0.717) is 6.07 Å². The third-order valence-corrected chi connectivity index (χ3v) is 4.80. The number of allylic oxidation sites excluding steroid dienone is 1. The molecular weight excluding hydrogens is 430 g/mol. The smallest absolute Gasteiger partial charge is 0.338 e. The molecule has 6 nitrogen and oxygen atoms in total. The van der Waals surface area contributed by atoms with Crippen LogP contribution in [0.4, 0.5) is 17.6 Å². The molecule has 0 bridgehead atoms. The highest BCUT2D eigenvalue weighted by molar-refractivity contribution is 6.04. The average Bonchev–Trinajstić information content (AvgIpc) is 2.75. The average molecular weight is 449 g/mol. The van der Waals surface area contributed by atoms with Crippen molar-refractivity contribution in [1.29, 1.82) is 0 Å². The number of hydrogen-bond acceptors (Lipinski definition) is 6. The monoisotopic (exact) mass is 449 g/mol. The van der Waals surface area contributed by atoms with Gasteiger partial charge in [-0.3, -0.25) is 0 Å². The van der Waals surface area contributed by atoms with Crippen LogP contribution < -0.4 is 5.32 Å². The normalized spacial score (nSPS) is 18.5. The maximum Gasteiger partial charge on any atom is 0.338 e. The molecule has 1 unspecified atom stereocenters. The summed E-state index contributed by atoms with van der Waals surface area (Å²) in [6.45, 7) is 1.63. The Morgan fingerprint density at radius 3 is 2.50 bits per heavy atom. The van der Waals surface area contributed by atoms with Crippen LogP contribution in [0.15, 0.2) is 58.9 Å². The number of aromatic nitrogens is 1.